The maximum absolute atomic E-state index is 12.3. The molecule has 0 fully saturated rings. The molecule has 2 heterocycles. The van der Waals surface area contributed by atoms with E-state index in [1.807, 2.05) is 25.1 Å². The van der Waals surface area contributed by atoms with Gasteiger partial charge in [0.05, 0.1) is 14.2 Å². The fourth-order valence-corrected chi connectivity index (χ4v) is 2.43. The zero-order chi connectivity index (χ0) is 18.5. The first-order chi connectivity index (χ1) is 12.6. The molecule has 3 rings (SSSR count). The fraction of sp³-hybridized carbons (Fsp3) is 0.211. The molecule has 7 heteroatoms. The van der Waals surface area contributed by atoms with Crippen LogP contribution in [0.5, 0.6) is 11.5 Å². The van der Waals surface area contributed by atoms with E-state index in [2.05, 4.69) is 15.3 Å². The van der Waals surface area contributed by atoms with Gasteiger partial charge in [-0.3, -0.25) is 9.78 Å². The molecular formula is C19H19N3O4. The van der Waals surface area contributed by atoms with Crippen molar-refractivity contribution in [2.45, 2.75) is 13.5 Å². The topological polar surface area (TPSA) is 86.5 Å². The van der Waals surface area contributed by atoms with Gasteiger partial charge in [-0.25, -0.2) is 4.98 Å². The Hall–Kier alpha value is -3.35. The van der Waals surface area contributed by atoms with Gasteiger partial charge in [-0.15, -0.1) is 0 Å². The minimum absolute atomic E-state index is 0.212. The number of benzene rings is 1. The third-order valence-corrected chi connectivity index (χ3v) is 3.74. The van der Waals surface area contributed by atoms with Crippen LogP contribution in [0.4, 0.5) is 0 Å². The van der Waals surface area contributed by atoms with Gasteiger partial charge in [-0.1, -0.05) is 0 Å². The van der Waals surface area contributed by atoms with Crippen LogP contribution in [0.2, 0.25) is 0 Å². The summed E-state index contributed by atoms with van der Waals surface area (Å²) in [4.78, 5) is 20.7. The zero-order valence-corrected chi connectivity index (χ0v) is 14.8. The number of oxazole rings is 1. The first kappa shape index (κ1) is 17.5. The number of rotatable bonds is 6. The van der Waals surface area contributed by atoms with Crippen molar-refractivity contribution in [1.82, 2.24) is 15.3 Å². The lowest BCUT2D eigenvalue weighted by Gasteiger charge is -2.09. The molecule has 1 N–H and O–H groups in total. The van der Waals surface area contributed by atoms with Crippen molar-refractivity contribution < 1.29 is 18.7 Å². The number of pyridine rings is 1. The van der Waals surface area contributed by atoms with Crippen molar-refractivity contribution in [2.24, 2.45) is 0 Å². The van der Waals surface area contributed by atoms with Crippen LogP contribution in [-0.4, -0.2) is 30.1 Å². The number of hydrogen-bond acceptors (Lipinski definition) is 6. The smallest absolute Gasteiger partial charge is 0.273 e. The second kappa shape index (κ2) is 7.69. The number of hydrogen-bond donors (Lipinski definition) is 1. The molecule has 3 aromatic rings. The van der Waals surface area contributed by atoms with Crippen molar-refractivity contribution in [3.63, 3.8) is 0 Å². The quantitative estimate of drug-likeness (QED) is 0.733. The molecule has 26 heavy (non-hydrogen) atoms. The second-order valence-corrected chi connectivity index (χ2v) is 5.63. The number of ether oxygens (including phenoxy) is 2. The Kier molecular flexibility index (Phi) is 5.17. The molecule has 0 radical (unpaired) electrons. The summed E-state index contributed by atoms with van der Waals surface area (Å²) in [5.41, 5.74) is 2.68. The average Bonchev–Trinajstić information content (AvgIpc) is 3.16. The van der Waals surface area contributed by atoms with Crippen LogP contribution in [-0.2, 0) is 6.54 Å². The highest BCUT2D eigenvalue weighted by Gasteiger charge is 2.14. The van der Waals surface area contributed by atoms with Crippen molar-refractivity contribution >= 4 is 5.91 Å². The molecule has 1 aromatic carbocycles. The largest absolute Gasteiger partial charge is 0.497 e. The molecule has 2 aromatic heterocycles. The fourth-order valence-electron chi connectivity index (χ4n) is 2.43. The normalized spacial score (nSPS) is 10.4. The predicted octanol–water partition coefficient (Wildman–Crippen LogP) is 2.99. The number of carbonyl (C=O) groups excluding carboxylic acids is 1. The number of nitrogens with zero attached hydrogens (tertiary/aromatic N) is 2. The Labute approximate surface area is 151 Å². The van der Waals surface area contributed by atoms with E-state index in [1.54, 1.807) is 32.5 Å². The van der Waals surface area contributed by atoms with Crippen LogP contribution in [0.25, 0.3) is 11.5 Å². The first-order valence-corrected chi connectivity index (χ1v) is 7.97. The van der Waals surface area contributed by atoms with Gasteiger partial charge in [0, 0.05) is 30.1 Å². The van der Waals surface area contributed by atoms with E-state index in [-0.39, 0.29) is 11.6 Å². The Morgan fingerprint density at radius 3 is 2.54 bits per heavy atom. The third-order valence-electron chi connectivity index (χ3n) is 3.74. The van der Waals surface area contributed by atoms with Crippen molar-refractivity contribution in [2.75, 3.05) is 14.2 Å². The minimum atomic E-state index is -0.326. The number of nitrogens with one attached hydrogen (secondary N) is 1. The van der Waals surface area contributed by atoms with Crippen LogP contribution in [0.3, 0.4) is 0 Å². The Bertz CT molecular complexity index is 898. The molecule has 0 spiro atoms. The highest BCUT2D eigenvalue weighted by Crippen LogP contribution is 2.22. The van der Waals surface area contributed by atoms with Crippen LogP contribution in [0.15, 0.2) is 47.2 Å². The van der Waals surface area contributed by atoms with E-state index in [0.717, 1.165) is 16.8 Å². The molecule has 0 aliphatic rings. The SMILES string of the molecule is COc1cc(CNC(=O)c2coc(-c3ccnc(C)c3)n2)cc(OC)c1. The van der Waals surface area contributed by atoms with Gasteiger partial charge in [0.25, 0.3) is 5.91 Å². The second-order valence-electron chi connectivity index (χ2n) is 5.63. The van der Waals surface area contributed by atoms with Gasteiger partial charge in [-0.2, -0.15) is 0 Å². The van der Waals surface area contributed by atoms with E-state index in [9.17, 15) is 4.79 Å². The standard InChI is InChI=1S/C19H19N3O4/c1-12-6-14(4-5-20-12)19-22-17(11-26-19)18(23)21-10-13-7-15(24-2)9-16(8-13)25-3/h4-9,11H,10H2,1-3H3,(H,21,23). The lowest BCUT2D eigenvalue weighted by molar-refractivity contribution is 0.0946. The maximum atomic E-state index is 12.3. The summed E-state index contributed by atoms with van der Waals surface area (Å²) in [6, 6.07) is 9.05. The maximum Gasteiger partial charge on any atom is 0.273 e. The summed E-state index contributed by atoms with van der Waals surface area (Å²) in [7, 11) is 3.16. The minimum Gasteiger partial charge on any atom is -0.497 e. The van der Waals surface area contributed by atoms with Gasteiger partial charge in [-0.05, 0) is 36.8 Å². The highest BCUT2D eigenvalue weighted by atomic mass is 16.5. The van der Waals surface area contributed by atoms with Crippen molar-refractivity contribution in [3.05, 3.63) is 59.7 Å². The van der Waals surface area contributed by atoms with Crippen LogP contribution in [0, 0.1) is 6.92 Å². The summed E-state index contributed by atoms with van der Waals surface area (Å²) in [6.07, 6.45) is 3.01. The predicted molar refractivity (Wildman–Crippen MR) is 95.2 cm³/mol. The molecule has 0 aliphatic heterocycles. The van der Waals surface area contributed by atoms with Gasteiger partial charge in [0.2, 0.25) is 5.89 Å². The number of aryl methyl sites for hydroxylation is 1. The molecule has 134 valence electrons. The van der Waals surface area contributed by atoms with E-state index in [4.69, 9.17) is 13.9 Å². The average molecular weight is 353 g/mol. The van der Waals surface area contributed by atoms with Crippen molar-refractivity contribution in [1.29, 1.82) is 0 Å². The summed E-state index contributed by atoms with van der Waals surface area (Å²) in [5.74, 6) is 1.37. The van der Waals surface area contributed by atoms with Crippen molar-refractivity contribution in [3.8, 4) is 23.0 Å². The molecule has 0 unspecified atom stereocenters. The molecule has 0 aliphatic carbocycles. The highest BCUT2D eigenvalue weighted by molar-refractivity contribution is 5.92. The van der Waals surface area contributed by atoms with Gasteiger partial charge >= 0.3 is 0 Å². The van der Waals surface area contributed by atoms with Gasteiger partial charge < -0.3 is 19.2 Å². The number of methoxy groups -OCH3 is 2. The Balaban J connectivity index is 1.69. The first-order valence-electron chi connectivity index (χ1n) is 7.97. The molecule has 0 saturated carbocycles. The molecule has 0 saturated heterocycles. The van der Waals surface area contributed by atoms with E-state index in [0.29, 0.717) is 23.9 Å². The molecule has 0 atom stereocenters. The molecule has 0 bridgehead atoms. The van der Waals surface area contributed by atoms with E-state index < -0.39 is 0 Å². The molecule has 7 nitrogen and oxygen atoms in total. The van der Waals surface area contributed by atoms with E-state index >= 15 is 0 Å². The van der Waals surface area contributed by atoms with Crippen LogP contribution < -0.4 is 14.8 Å². The zero-order valence-electron chi connectivity index (χ0n) is 14.8. The summed E-state index contributed by atoms with van der Waals surface area (Å²) in [6.45, 7) is 2.19. The third kappa shape index (κ3) is 4.00. The lowest BCUT2D eigenvalue weighted by Crippen LogP contribution is -2.23. The lowest BCUT2D eigenvalue weighted by atomic mass is 10.2. The monoisotopic (exact) mass is 353 g/mol. The number of carbonyl (C=O) groups is 1. The van der Waals surface area contributed by atoms with E-state index in [1.165, 1.54) is 6.26 Å². The number of aromatic nitrogens is 2. The van der Waals surface area contributed by atoms with Gasteiger partial charge in [0.15, 0.2) is 5.69 Å². The summed E-state index contributed by atoms with van der Waals surface area (Å²) in [5, 5.41) is 2.81. The molecular weight excluding hydrogens is 334 g/mol. The molecule has 1 amide bonds. The summed E-state index contributed by atoms with van der Waals surface area (Å²) < 4.78 is 15.9. The Morgan fingerprint density at radius 2 is 1.88 bits per heavy atom. The van der Waals surface area contributed by atoms with Crippen LogP contribution >= 0.6 is 0 Å². The van der Waals surface area contributed by atoms with Gasteiger partial charge in [0.1, 0.15) is 17.8 Å². The Morgan fingerprint density at radius 1 is 1.15 bits per heavy atom. The number of amides is 1. The van der Waals surface area contributed by atoms with Crippen LogP contribution in [0.1, 0.15) is 21.7 Å². The summed E-state index contributed by atoms with van der Waals surface area (Å²) >= 11 is 0.